The van der Waals surface area contributed by atoms with Crippen LogP contribution in [0.15, 0.2) is 48.7 Å². The summed E-state index contributed by atoms with van der Waals surface area (Å²) >= 11 is 6.06. The molecule has 0 radical (unpaired) electrons. The molecule has 0 saturated heterocycles. The summed E-state index contributed by atoms with van der Waals surface area (Å²) in [5.74, 6) is 0. The Morgan fingerprint density at radius 2 is 1.81 bits per heavy atom. The first-order valence-corrected chi connectivity index (χ1v) is 5.60. The van der Waals surface area contributed by atoms with Crippen molar-refractivity contribution in [2.45, 2.75) is 0 Å². The van der Waals surface area contributed by atoms with Crippen molar-refractivity contribution in [3.05, 3.63) is 53.7 Å². The molecule has 1 nitrogen and oxygen atoms in total. The Kier molecular flexibility index (Phi) is 2.08. The number of fused-ring (bicyclic) bond motifs is 3. The zero-order valence-electron chi connectivity index (χ0n) is 8.94. The molecule has 3 aromatic rings. The standard InChI is InChI=1S/C14H11ClN/c1-16-9-10-4-2-3-5-12(10)13-8-11(15)6-7-14(13)16/h2-9H,1H3/q+1. The number of aryl methyl sites for hydroxylation is 1. The number of rotatable bonds is 0. The van der Waals surface area contributed by atoms with Crippen LogP contribution in [0.1, 0.15) is 0 Å². The van der Waals surface area contributed by atoms with Gasteiger partial charge >= 0.3 is 0 Å². The molecule has 0 bridgehead atoms. The maximum absolute atomic E-state index is 6.06. The molecule has 2 heteroatoms. The third-order valence-corrected chi connectivity index (χ3v) is 3.16. The van der Waals surface area contributed by atoms with Gasteiger partial charge in [0, 0.05) is 21.9 Å². The van der Waals surface area contributed by atoms with Crippen molar-refractivity contribution in [2.75, 3.05) is 0 Å². The Hall–Kier alpha value is -1.60. The van der Waals surface area contributed by atoms with Gasteiger partial charge in [0.25, 0.3) is 0 Å². The highest BCUT2D eigenvalue weighted by Crippen LogP contribution is 2.24. The summed E-state index contributed by atoms with van der Waals surface area (Å²) < 4.78 is 2.13. The molecule has 1 aromatic heterocycles. The number of nitrogens with zero attached hydrogens (tertiary/aromatic N) is 1. The highest BCUT2D eigenvalue weighted by Gasteiger charge is 2.09. The van der Waals surface area contributed by atoms with E-state index in [-0.39, 0.29) is 0 Å². The monoisotopic (exact) mass is 228 g/mol. The van der Waals surface area contributed by atoms with Crippen molar-refractivity contribution in [1.29, 1.82) is 0 Å². The van der Waals surface area contributed by atoms with Gasteiger partial charge in [-0.3, -0.25) is 0 Å². The molecule has 0 atom stereocenters. The van der Waals surface area contributed by atoms with E-state index in [1.807, 2.05) is 12.1 Å². The van der Waals surface area contributed by atoms with Gasteiger partial charge in [0.2, 0.25) is 5.52 Å². The molecule has 0 N–H and O–H groups in total. The molecule has 0 aliphatic heterocycles. The molecule has 0 fully saturated rings. The zero-order chi connectivity index (χ0) is 11.1. The van der Waals surface area contributed by atoms with Gasteiger partial charge in [-0.25, -0.2) is 4.57 Å². The SMILES string of the molecule is C[n+]1cc2ccccc2c2cc(Cl)ccc21. The van der Waals surface area contributed by atoms with E-state index in [4.69, 9.17) is 11.6 Å². The van der Waals surface area contributed by atoms with E-state index in [0.29, 0.717) is 0 Å². The summed E-state index contributed by atoms with van der Waals surface area (Å²) in [6.45, 7) is 0. The first kappa shape index (κ1) is 9.61. The molecule has 0 aliphatic rings. The smallest absolute Gasteiger partial charge is 0.200 e. The van der Waals surface area contributed by atoms with Crippen LogP contribution in [-0.2, 0) is 7.05 Å². The number of halogens is 1. The Morgan fingerprint density at radius 3 is 2.69 bits per heavy atom. The quantitative estimate of drug-likeness (QED) is 0.410. The zero-order valence-corrected chi connectivity index (χ0v) is 9.70. The van der Waals surface area contributed by atoms with Crippen LogP contribution < -0.4 is 4.57 Å². The largest absolute Gasteiger partial charge is 0.212 e. The number of hydrogen-bond acceptors (Lipinski definition) is 0. The minimum Gasteiger partial charge on any atom is -0.200 e. The van der Waals surface area contributed by atoms with Crippen LogP contribution in [0, 0.1) is 0 Å². The van der Waals surface area contributed by atoms with Crippen molar-refractivity contribution in [3.8, 4) is 0 Å². The molecule has 2 aromatic carbocycles. The maximum atomic E-state index is 6.06. The molecular formula is C14H11ClN+. The summed E-state index contributed by atoms with van der Waals surface area (Å²) in [6.07, 6.45) is 2.14. The molecule has 3 rings (SSSR count). The van der Waals surface area contributed by atoms with E-state index in [0.717, 1.165) is 5.02 Å². The van der Waals surface area contributed by atoms with Gasteiger partial charge in [-0.15, -0.1) is 0 Å². The van der Waals surface area contributed by atoms with Crippen molar-refractivity contribution < 1.29 is 4.57 Å². The van der Waals surface area contributed by atoms with Crippen LogP contribution in [0.4, 0.5) is 0 Å². The first-order valence-electron chi connectivity index (χ1n) is 5.22. The summed E-state index contributed by atoms with van der Waals surface area (Å²) in [7, 11) is 2.06. The molecule has 0 amide bonds. The van der Waals surface area contributed by atoms with E-state index in [2.05, 4.69) is 48.1 Å². The highest BCUT2D eigenvalue weighted by atomic mass is 35.5. The average molecular weight is 229 g/mol. The predicted molar refractivity (Wildman–Crippen MR) is 67.6 cm³/mol. The van der Waals surface area contributed by atoms with Crippen LogP contribution in [0.25, 0.3) is 21.7 Å². The van der Waals surface area contributed by atoms with Crippen LogP contribution in [0.5, 0.6) is 0 Å². The van der Waals surface area contributed by atoms with Gasteiger partial charge in [0.1, 0.15) is 7.05 Å². The topological polar surface area (TPSA) is 3.88 Å². The van der Waals surface area contributed by atoms with Gasteiger partial charge in [0.15, 0.2) is 6.20 Å². The fourth-order valence-corrected chi connectivity index (χ4v) is 2.34. The second-order valence-electron chi connectivity index (χ2n) is 3.99. The van der Waals surface area contributed by atoms with Crippen molar-refractivity contribution in [2.24, 2.45) is 7.05 Å². The minimum atomic E-state index is 0.781. The molecule has 0 saturated carbocycles. The van der Waals surface area contributed by atoms with Crippen LogP contribution >= 0.6 is 11.6 Å². The van der Waals surface area contributed by atoms with Gasteiger partial charge in [-0.1, -0.05) is 29.8 Å². The number of benzene rings is 2. The lowest BCUT2D eigenvalue weighted by atomic mass is 10.1. The first-order chi connectivity index (χ1) is 7.75. The second-order valence-corrected chi connectivity index (χ2v) is 4.43. The highest BCUT2D eigenvalue weighted by molar-refractivity contribution is 6.31. The molecule has 16 heavy (non-hydrogen) atoms. The van der Waals surface area contributed by atoms with Gasteiger partial charge < -0.3 is 0 Å². The Bertz CT molecular complexity index is 689. The summed E-state index contributed by atoms with van der Waals surface area (Å²) in [6, 6.07) is 14.4. The molecule has 0 spiro atoms. The van der Waals surface area contributed by atoms with E-state index >= 15 is 0 Å². The third-order valence-electron chi connectivity index (χ3n) is 2.92. The summed E-state index contributed by atoms with van der Waals surface area (Å²) in [5.41, 5.74) is 1.20. The van der Waals surface area contributed by atoms with Gasteiger partial charge in [0.05, 0.1) is 5.39 Å². The van der Waals surface area contributed by atoms with E-state index in [9.17, 15) is 0 Å². The Labute approximate surface area is 98.9 Å². The molecule has 0 aliphatic carbocycles. The molecular weight excluding hydrogens is 218 g/mol. The lowest BCUT2D eigenvalue weighted by molar-refractivity contribution is -0.643. The fourth-order valence-electron chi connectivity index (χ4n) is 2.16. The number of hydrogen-bond donors (Lipinski definition) is 0. The molecule has 1 heterocycles. The lowest BCUT2D eigenvalue weighted by Gasteiger charge is -2.02. The van der Waals surface area contributed by atoms with E-state index in [1.165, 1.54) is 21.7 Å². The Morgan fingerprint density at radius 1 is 1.00 bits per heavy atom. The van der Waals surface area contributed by atoms with Crippen LogP contribution in [0.2, 0.25) is 5.02 Å². The maximum Gasteiger partial charge on any atom is 0.212 e. The van der Waals surface area contributed by atoms with E-state index in [1.54, 1.807) is 0 Å². The second kappa shape index (κ2) is 3.46. The third kappa shape index (κ3) is 1.36. The lowest BCUT2D eigenvalue weighted by Crippen LogP contribution is -2.28. The van der Waals surface area contributed by atoms with Gasteiger partial charge in [-0.2, -0.15) is 0 Å². The number of aromatic nitrogens is 1. The van der Waals surface area contributed by atoms with E-state index < -0.39 is 0 Å². The summed E-state index contributed by atoms with van der Waals surface area (Å²) in [5, 5.41) is 4.47. The number of pyridine rings is 1. The van der Waals surface area contributed by atoms with Crippen molar-refractivity contribution >= 4 is 33.3 Å². The predicted octanol–water partition coefficient (Wildman–Crippen LogP) is 3.47. The van der Waals surface area contributed by atoms with Gasteiger partial charge in [-0.05, 0) is 18.2 Å². The fraction of sp³-hybridized carbons (Fsp3) is 0.0714. The summed E-state index contributed by atoms with van der Waals surface area (Å²) in [4.78, 5) is 0. The van der Waals surface area contributed by atoms with Crippen LogP contribution in [0.3, 0.4) is 0 Å². The Balaban J connectivity index is 2.61. The molecule has 0 unspecified atom stereocenters. The van der Waals surface area contributed by atoms with Crippen molar-refractivity contribution in [3.63, 3.8) is 0 Å². The average Bonchev–Trinajstić information content (AvgIpc) is 2.29. The minimum absolute atomic E-state index is 0.781. The van der Waals surface area contributed by atoms with Crippen molar-refractivity contribution in [1.82, 2.24) is 0 Å². The van der Waals surface area contributed by atoms with Crippen LogP contribution in [-0.4, -0.2) is 0 Å². The normalized spacial score (nSPS) is 11.1. The molecule has 78 valence electrons.